The number of carbonyl (C=O) groups excluding carboxylic acids is 1. The third kappa shape index (κ3) is 4.85. The number of anilines is 1. The number of halogens is 2. The molecule has 3 saturated heterocycles. The summed E-state index contributed by atoms with van der Waals surface area (Å²) < 4.78 is 36.8. The van der Waals surface area contributed by atoms with Gasteiger partial charge in [-0.1, -0.05) is 43.0 Å². The third-order valence-corrected chi connectivity index (χ3v) is 9.58. The normalized spacial score (nSPS) is 23.8. The van der Waals surface area contributed by atoms with E-state index in [0.717, 1.165) is 35.7 Å². The average molecular weight is 599 g/mol. The summed E-state index contributed by atoms with van der Waals surface area (Å²) in [6, 6.07) is 13.3. The molecule has 1 amide bonds. The fraction of sp³-hybridized carbons (Fsp3) is 0.412. The lowest BCUT2D eigenvalue weighted by molar-refractivity contribution is -0.126. The van der Waals surface area contributed by atoms with Gasteiger partial charge in [-0.05, 0) is 61.7 Å². The zero-order valence-corrected chi connectivity index (χ0v) is 25.1. The average Bonchev–Trinajstić information content (AvgIpc) is 3.54. The van der Waals surface area contributed by atoms with E-state index >= 15 is 4.39 Å². The summed E-state index contributed by atoms with van der Waals surface area (Å²) in [6.45, 7) is 10.6. The topological polar surface area (TPSA) is 74.7 Å². The molecule has 3 aliphatic heterocycles. The molecule has 5 heterocycles. The van der Waals surface area contributed by atoms with Crippen molar-refractivity contribution >= 4 is 33.5 Å². The van der Waals surface area contributed by atoms with Crippen LogP contribution in [0.5, 0.6) is 6.01 Å². The van der Waals surface area contributed by atoms with Gasteiger partial charge in [0.2, 0.25) is 5.91 Å². The number of hydrogen-bond donors (Lipinski definition) is 0. The quantitative estimate of drug-likeness (QED) is 0.273. The molecule has 228 valence electrons. The lowest BCUT2D eigenvalue weighted by atomic mass is 9.95. The molecule has 3 atom stereocenters. The molecule has 0 spiro atoms. The Bertz CT molecular complexity index is 1780. The first kappa shape index (κ1) is 28.6. The van der Waals surface area contributed by atoms with Crippen LogP contribution >= 0.6 is 0 Å². The molecule has 7 rings (SSSR count). The predicted octanol–water partition coefficient (Wildman–Crippen LogP) is 5.47. The number of piperazine rings is 1. The molecule has 2 aromatic carbocycles. The van der Waals surface area contributed by atoms with E-state index in [-0.39, 0.29) is 35.8 Å². The zero-order valence-electron chi connectivity index (χ0n) is 25.1. The second-order valence-electron chi connectivity index (χ2n) is 12.4. The number of carbonyl (C=O) groups is 1. The van der Waals surface area contributed by atoms with E-state index in [1.54, 1.807) is 4.90 Å². The Balaban J connectivity index is 1.33. The van der Waals surface area contributed by atoms with Gasteiger partial charge in [-0.3, -0.25) is 9.69 Å². The number of pyridine rings is 1. The van der Waals surface area contributed by atoms with E-state index < -0.39 is 12.0 Å². The van der Waals surface area contributed by atoms with Crippen molar-refractivity contribution in [1.29, 1.82) is 0 Å². The Morgan fingerprint density at radius 1 is 1.14 bits per heavy atom. The van der Waals surface area contributed by atoms with E-state index in [1.807, 2.05) is 50.2 Å². The molecule has 4 aromatic rings. The fourth-order valence-corrected chi connectivity index (χ4v) is 7.44. The molecule has 0 radical (unpaired) electrons. The molecule has 0 aliphatic carbocycles. The van der Waals surface area contributed by atoms with Gasteiger partial charge in [-0.25, -0.2) is 13.8 Å². The number of aryl methyl sites for hydroxylation is 1. The van der Waals surface area contributed by atoms with Gasteiger partial charge in [-0.2, -0.15) is 9.97 Å². The first-order valence-electron chi connectivity index (χ1n) is 15.3. The summed E-state index contributed by atoms with van der Waals surface area (Å²) >= 11 is 0. The summed E-state index contributed by atoms with van der Waals surface area (Å²) in [5, 5.41) is 2.40. The number of aromatic nitrogens is 3. The Morgan fingerprint density at radius 3 is 2.75 bits per heavy atom. The molecular weight excluding hydrogens is 562 g/mol. The third-order valence-electron chi connectivity index (χ3n) is 9.58. The largest absolute Gasteiger partial charge is 0.461 e. The van der Waals surface area contributed by atoms with E-state index in [2.05, 4.69) is 16.4 Å². The summed E-state index contributed by atoms with van der Waals surface area (Å²) in [7, 11) is 0. The van der Waals surface area contributed by atoms with Crippen LogP contribution in [0, 0.1) is 12.7 Å². The summed E-state index contributed by atoms with van der Waals surface area (Å²) in [4.78, 5) is 32.7. The van der Waals surface area contributed by atoms with Crippen molar-refractivity contribution in [1.82, 2.24) is 24.8 Å². The van der Waals surface area contributed by atoms with E-state index in [4.69, 9.17) is 19.7 Å². The number of hydrogen-bond acceptors (Lipinski definition) is 7. The summed E-state index contributed by atoms with van der Waals surface area (Å²) in [5.74, 6) is -0.0925. The fourth-order valence-electron chi connectivity index (χ4n) is 7.44. The highest BCUT2D eigenvalue weighted by Gasteiger charge is 2.49. The Labute approximate surface area is 255 Å². The number of rotatable bonds is 6. The highest BCUT2D eigenvalue weighted by Crippen LogP contribution is 2.41. The van der Waals surface area contributed by atoms with E-state index in [1.165, 1.54) is 12.1 Å². The second kappa shape index (κ2) is 11.1. The van der Waals surface area contributed by atoms with Gasteiger partial charge < -0.3 is 14.5 Å². The minimum Gasteiger partial charge on any atom is -0.461 e. The Hall–Kier alpha value is -4.18. The Morgan fingerprint density at radius 2 is 1.95 bits per heavy atom. The number of fused-ring (bicyclic) bond motifs is 3. The van der Waals surface area contributed by atoms with Crippen molar-refractivity contribution in [3.8, 4) is 17.3 Å². The predicted molar refractivity (Wildman–Crippen MR) is 167 cm³/mol. The first-order chi connectivity index (χ1) is 21.3. The van der Waals surface area contributed by atoms with Crippen LogP contribution in [0.3, 0.4) is 0 Å². The van der Waals surface area contributed by atoms with Crippen molar-refractivity contribution in [3.05, 3.63) is 66.5 Å². The summed E-state index contributed by atoms with van der Waals surface area (Å²) in [5.41, 5.74) is 1.87. The van der Waals surface area contributed by atoms with Gasteiger partial charge in [0.25, 0.3) is 0 Å². The van der Waals surface area contributed by atoms with Gasteiger partial charge in [0.1, 0.15) is 30.1 Å². The first-order valence-corrected chi connectivity index (χ1v) is 15.3. The molecule has 0 N–H and O–H groups in total. The van der Waals surface area contributed by atoms with Crippen molar-refractivity contribution in [2.45, 2.75) is 50.9 Å². The number of alkyl halides is 1. The van der Waals surface area contributed by atoms with Gasteiger partial charge in [0, 0.05) is 44.2 Å². The lowest BCUT2D eigenvalue weighted by Crippen LogP contribution is -2.53. The molecule has 8 nitrogen and oxygen atoms in total. The standard InChI is InChI=1S/C34H36F2N6O2/c1-4-28(43)40-14-15-42(22(3)18-40)32-26-16-27(36)30(25-11-6-10-23-9-5-8-21(2)29(23)25)37-31(26)38-33(39-32)44-20-34-12-7-13-41(34)19-24(35)17-34/h4-6,8-11,16,22,24H,1,7,12-15,17-20H2,2-3H3/t22-,24-,34+/m1/s1. The van der Waals surface area contributed by atoms with Crippen LogP contribution in [0.2, 0.25) is 0 Å². The minimum atomic E-state index is -0.876. The number of amides is 1. The molecular formula is C34H36F2N6O2. The maximum atomic E-state index is 16.1. The van der Waals surface area contributed by atoms with Gasteiger partial charge in [-0.15, -0.1) is 0 Å². The van der Waals surface area contributed by atoms with E-state index in [9.17, 15) is 9.18 Å². The lowest BCUT2D eigenvalue weighted by Gasteiger charge is -2.40. The molecule has 3 fully saturated rings. The van der Waals surface area contributed by atoms with Crippen molar-refractivity contribution in [2.24, 2.45) is 0 Å². The van der Waals surface area contributed by atoms with Gasteiger partial charge >= 0.3 is 6.01 Å². The maximum absolute atomic E-state index is 16.1. The van der Waals surface area contributed by atoms with Crippen molar-refractivity contribution in [3.63, 3.8) is 0 Å². The van der Waals surface area contributed by atoms with Crippen LogP contribution in [0.1, 0.15) is 31.7 Å². The van der Waals surface area contributed by atoms with Gasteiger partial charge in [0.15, 0.2) is 5.65 Å². The van der Waals surface area contributed by atoms with E-state index in [0.29, 0.717) is 55.0 Å². The smallest absolute Gasteiger partial charge is 0.320 e. The number of ether oxygens (including phenoxy) is 1. The zero-order chi connectivity index (χ0) is 30.6. The monoisotopic (exact) mass is 598 g/mol. The van der Waals surface area contributed by atoms with Crippen molar-refractivity contribution in [2.75, 3.05) is 44.2 Å². The Kier molecular flexibility index (Phi) is 7.19. The van der Waals surface area contributed by atoms with Crippen molar-refractivity contribution < 1.29 is 18.3 Å². The van der Waals surface area contributed by atoms with Crippen LogP contribution in [0.4, 0.5) is 14.6 Å². The maximum Gasteiger partial charge on any atom is 0.320 e. The van der Waals surface area contributed by atoms with Crippen LogP contribution in [-0.2, 0) is 4.79 Å². The second-order valence-corrected chi connectivity index (χ2v) is 12.4. The molecule has 0 bridgehead atoms. The SMILES string of the molecule is C=CC(=O)N1CCN(c2nc(OC[C@@]34CCCN3C[C@H](F)C4)nc3nc(-c4cccc5cccc(C)c45)c(F)cc23)[C@H](C)C1. The molecule has 10 heteroatoms. The van der Waals surface area contributed by atoms with Crippen LogP contribution < -0.4 is 9.64 Å². The highest BCUT2D eigenvalue weighted by atomic mass is 19.1. The molecule has 0 saturated carbocycles. The van der Waals surface area contributed by atoms with Gasteiger partial charge in [0.05, 0.1) is 10.9 Å². The molecule has 44 heavy (non-hydrogen) atoms. The summed E-state index contributed by atoms with van der Waals surface area (Å²) in [6.07, 6.45) is 2.73. The minimum absolute atomic E-state index is 0.118. The van der Waals surface area contributed by atoms with Crippen LogP contribution in [0.15, 0.2) is 55.1 Å². The highest BCUT2D eigenvalue weighted by molar-refractivity contribution is 5.99. The molecule has 0 unspecified atom stereocenters. The number of nitrogens with zero attached hydrogens (tertiary/aromatic N) is 6. The van der Waals surface area contributed by atoms with Crippen LogP contribution in [-0.4, -0.2) is 87.7 Å². The number of benzene rings is 2. The van der Waals surface area contributed by atoms with Crippen LogP contribution in [0.25, 0.3) is 33.1 Å². The molecule has 2 aromatic heterocycles. The molecule has 3 aliphatic rings.